The van der Waals surface area contributed by atoms with Gasteiger partial charge < -0.3 is 13.9 Å². The van der Waals surface area contributed by atoms with Crippen molar-refractivity contribution in [3.05, 3.63) is 320 Å². The summed E-state index contributed by atoms with van der Waals surface area (Å²) in [5.74, 6) is 0.870. The monoisotopic (exact) mass is 1490 g/mol. The normalized spacial score (nSPS) is 20.9. The maximum atomic E-state index is 10.9. The second kappa shape index (κ2) is 23.8. The van der Waals surface area contributed by atoms with Crippen molar-refractivity contribution in [2.75, 3.05) is 0 Å². The Morgan fingerprint density at radius 1 is 0.515 bits per heavy atom. The van der Waals surface area contributed by atoms with Gasteiger partial charge in [-0.1, -0.05) is 278 Å². The maximum Gasteiger partial charge on any atom is 0.268 e. The summed E-state index contributed by atoms with van der Waals surface area (Å²) in [6.45, 7) is -11.7. The molecule has 474 valence electrons. The van der Waals surface area contributed by atoms with Gasteiger partial charge in [-0.3, -0.25) is 4.57 Å². The summed E-state index contributed by atoms with van der Waals surface area (Å²) in [5, 5.41) is -2.85. The first-order valence-electron chi connectivity index (χ1n) is 49.4. The Bertz CT molecular complexity index is 7370. The number of pyridine rings is 1. The zero-order chi connectivity index (χ0) is 97.8. The number of rotatable bonds is 10. The average molecular weight is 1490 g/mol. The van der Waals surface area contributed by atoms with Crippen molar-refractivity contribution < 1.29 is 82.5 Å². The number of hydrogen-bond donors (Lipinski definition) is 0. The van der Waals surface area contributed by atoms with E-state index in [1.54, 1.807) is 72.9 Å². The molecule has 12 aromatic carbocycles. The minimum atomic E-state index is -6.52. The Morgan fingerprint density at radius 3 is 1.87 bits per heavy atom. The van der Waals surface area contributed by atoms with Gasteiger partial charge in [0.05, 0.1) is 46.9 Å². The van der Waals surface area contributed by atoms with E-state index in [2.05, 4.69) is 39.2 Å². The molecular weight excluding hydrogens is 1380 g/mol. The summed E-state index contributed by atoms with van der Waals surface area (Å²) in [6.07, 6.45) is -4.35. The number of para-hydroxylation sites is 3. The molecule has 0 spiro atoms. The number of ether oxygens (including phenoxy) is 1. The van der Waals surface area contributed by atoms with Crippen LogP contribution >= 0.6 is 0 Å². The molecule has 0 bridgehead atoms. The first-order chi connectivity index (χ1) is 62.4. The van der Waals surface area contributed by atoms with Crippen LogP contribution in [-0.2, 0) is 37.3 Å². The van der Waals surface area contributed by atoms with Gasteiger partial charge in [-0.25, -0.2) is 4.98 Å². The van der Waals surface area contributed by atoms with Crippen LogP contribution in [0.4, 0.5) is 0 Å². The van der Waals surface area contributed by atoms with Gasteiger partial charge in [0.1, 0.15) is 5.82 Å². The van der Waals surface area contributed by atoms with Crippen LogP contribution in [0.5, 0.6) is 11.5 Å². The molecule has 15 aromatic rings. The maximum absolute atomic E-state index is 10.9. The van der Waals surface area contributed by atoms with Gasteiger partial charge in [-0.15, -0.1) is 29.7 Å². The zero-order valence-corrected chi connectivity index (χ0v) is 54.7. The number of hydrogen-bond acceptors (Lipinski definition) is 2. The molecule has 97 heavy (non-hydrogen) atoms. The summed E-state index contributed by atoms with van der Waals surface area (Å²) in [4.78, 5) is 4.82. The Morgan fingerprint density at radius 2 is 1.13 bits per heavy atom. The third kappa shape index (κ3) is 10.3. The Hall–Kier alpha value is -10.2. The third-order valence-corrected chi connectivity index (χ3v) is 21.6. The number of nitrogens with zero attached hydrogens (tertiary/aromatic N) is 4. The first-order valence-corrected chi connectivity index (χ1v) is 32.4. The van der Waals surface area contributed by atoms with Gasteiger partial charge in [0, 0.05) is 66.2 Å². The molecule has 4 heterocycles. The van der Waals surface area contributed by atoms with Crippen LogP contribution in [0.1, 0.15) is 130 Å². The van der Waals surface area contributed by atoms with E-state index >= 15 is 0 Å². The predicted molar refractivity (Wildman–Crippen MR) is 398 cm³/mol. The van der Waals surface area contributed by atoms with Crippen molar-refractivity contribution in [3.63, 3.8) is 0 Å². The summed E-state index contributed by atoms with van der Waals surface area (Å²) in [7, 11) is -6.52. The smallest absolute Gasteiger partial charge is 0.268 e. The molecule has 0 saturated heterocycles. The van der Waals surface area contributed by atoms with E-state index < -0.39 is 241 Å². The second-order valence-corrected chi connectivity index (χ2v) is 27.8. The summed E-state index contributed by atoms with van der Waals surface area (Å²) < 4.78 is 375. The zero-order valence-electron chi connectivity index (χ0n) is 89.4. The molecule has 5 nitrogen and oxygen atoms in total. The predicted octanol–water partition coefficient (Wildman–Crippen LogP) is 19.3. The van der Waals surface area contributed by atoms with E-state index in [0.29, 0.717) is 28.0 Å². The van der Waals surface area contributed by atoms with Gasteiger partial charge >= 0.3 is 0 Å². The fourth-order valence-electron chi connectivity index (χ4n) is 13.1. The van der Waals surface area contributed by atoms with Gasteiger partial charge in [-0.2, -0.15) is 18.2 Å². The van der Waals surface area contributed by atoms with E-state index in [9.17, 15) is 39.8 Å². The molecule has 0 fully saturated rings. The van der Waals surface area contributed by atoms with E-state index in [0.717, 1.165) is 21.9 Å². The van der Waals surface area contributed by atoms with Crippen molar-refractivity contribution in [1.29, 1.82) is 0 Å². The van der Waals surface area contributed by atoms with Gasteiger partial charge in [0.2, 0.25) is 0 Å². The third-order valence-electron chi connectivity index (χ3n) is 17.6. The van der Waals surface area contributed by atoms with Gasteiger partial charge in [-0.05, 0) is 157 Å². The number of imidazole rings is 1. The van der Waals surface area contributed by atoms with Crippen LogP contribution in [-0.4, -0.2) is 22.2 Å². The molecule has 0 unspecified atom stereocenters. The topological polar surface area (TPSA) is 35.9 Å². The molecule has 1 aliphatic carbocycles. The molecule has 2 aliphatic rings. The Balaban J connectivity index is 0.0000132. The van der Waals surface area contributed by atoms with E-state index in [4.69, 9.17) is 22.1 Å². The summed E-state index contributed by atoms with van der Waals surface area (Å²) in [5.41, 5.74) is -12.4. The molecule has 3 aromatic heterocycles. The number of benzene rings is 12. The molecule has 0 atom stereocenters. The summed E-state index contributed by atoms with van der Waals surface area (Å²) >= 11 is 0. The average Bonchev–Trinajstić information content (AvgIpc) is 0.963. The fraction of sp³-hybridized carbons (Fsp3) is 0.133. The van der Waals surface area contributed by atoms with Crippen LogP contribution in [0.25, 0.3) is 106 Å². The van der Waals surface area contributed by atoms with Crippen LogP contribution in [0.2, 0.25) is 0 Å². The molecule has 0 saturated carbocycles. The van der Waals surface area contributed by atoms with E-state index in [1.807, 2.05) is 47.0 Å². The van der Waals surface area contributed by atoms with Gasteiger partial charge in [0.25, 0.3) is 6.33 Å². The number of fused-ring (bicyclic) bond motifs is 11. The Labute approximate surface area is 637 Å². The quantitative estimate of drug-likeness (QED) is 0.0592. The molecule has 7 heteroatoms. The molecule has 1 aliphatic heterocycles. The van der Waals surface area contributed by atoms with Crippen LogP contribution < -0.4 is 30.1 Å². The second-order valence-electron chi connectivity index (χ2n) is 24.3. The molecular formula is C90H72N4OPtSi-2. The largest absolute Gasteiger partial charge is 0.510 e. The molecule has 0 radical (unpaired) electrons. The molecule has 17 rings (SSSR count). The van der Waals surface area contributed by atoms with E-state index in [1.165, 1.54) is 45.5 Å². The first kappa shape index (κ1) is 32.7. The van der Waals surface area contributed by atoms with Gasteiger partial charge in [0.15, 0.2) is 8.07 Å². The Kier molecular flexibility index (Phi) is 8.03. The summed E-state index contributed by atoms with van der Waals surface area (Å²) in [6, 6.07) is 18.9. The van der Waals surface area contributed by atoms with Crippen molar-refractivity contribution in [1.82, 2.24) is 14.1 Å². The fourth-order valence-corrected chi connectivity index (χ4v) is 16.7. The molecule has 0 N–H and O–H groups in total. The van der Waals surface area contributed by atoms with Crippen molar-refractivity contribution in [2.24, 2.45) is 0 Å². The number of aromatic nitrogens is 4. The van der Waals surface area contributed by atoms with Crippen molar-refractivity contribution in [3.8, 4) is 84.3 Å². The standard InChI is InChI=1S/C90H72N4OSi.Pt/c1-88(2,3)63-49-52-91-85(56-63)94-82-41-20-19-37-75(82)76-47-45-66(58-84(76)94)95-65-27-22-26-64(57-65)92-59-93-86-71(62-44-48-80-81(55-62)90(6,7)51-50-89(80,4)5)38-23-39-78(86)79-54-61(43-46-74(79)72-35-17-18-36-73(72)77-40-24-42-83(92)87(77)93)60-25-21-34-70(53-60)96(67-28-11-8-12-29-67,68-30-13-9-14-31-68)69-32-15-10-16-33-69;/h8-49,52-56H,50-51H2,1-7H3;/q-2;/i4D3,5D3,6D3,7D3,8D,9D,10D,11D,12D,13D,14D,15D,16D,21D,25D,28D,29D,30D,31D,32D,33D,34D,44D,48D,50D2,51D2,53D,55D;. The SMILES string of the molecule is [2H]c1c([2H])c([2H])c([Si](c2c([2H])c([2H])c([2H])c([2H])c2[2H])(c2c([2H])c([2H])c([2H])c([2H])c2[2H])c2c([2H])c([2H])c([2H])c(-c3ccc4c(c3)-c3cccc(-c5c([2H])c([2H])c6c(c5[2H])C(C([2H])([2H])[2H])(C([2H])([2H])[2H])C([2H])([2H])C([2H])([2H])C6(C([2H])([2H])[2H])C([2H])([2H])[2H])c3-[n+]3[c-]n(-c5[c-]c(Oc6[c-]c7c(cc6)c6ccccc6n7-c6cc(C(C)(C)C)ccn6)ccc5)c5cccc(c53)-c3ccccc3-4)c2[2H])c([2H])c1[2H].[Pt]. The van der Waals surface area contributed by atoms with Crippen molar-refractivity contribution >= 4 is 61.7 Å². The van der Waals surface area contributed by atoms with Crippen LogP contribution in [0.3, 0.4) is 0 Å². The minimum absolute atomic E-state index is 0. The van der Waals surface area contributed by atoms with Crippen molar-refractivity contribution in [2.45, 2.75) is 77.2 Å². The minimum Gasteiger partial charge on any atom is -0.510 e. The molecule has 0 amide bonds. The van der Waals surface area contributed by atoms with E-state index in [-0.39, 0.29) is 82.6 Å². The van der Waals surface area contributed by atoms with Crippen LogP contribution in [0.15, 0.2) is 285 Å². The van der Waals surface area contributed by atoms with Crippen LogP contribution in [0, 0.1) is 18.5 Å².